The molecule has 31 heavy (non-hydrogen) atoms. The van der Waals surface area contributed by atoms with Crippen molar-refractivity contribution >= 4 is 28.3 Å². The molecule has 0 saturated carbocycles. The summed E-state index contributed by atoms with van der Waals surface area (Å²) >= 11 is 1.39. The molecule has 1 aliphatic carbocycles. The maximum Gasteiger partial charge on any atom is 0.264 e. The number of anilines is 1. The van der Waals surface area contributed by atoms with E-state index in [-0.39, 0.29) is 18.4 Å². The molecule has 4 rings (SSSR count). The van der Waals surface area contributed by atoms with Crippen molar-refractivity contribution in [3.8, 4) is 17.0 Å². The monoisotopic (exact) mass is 435 g/mol. The minimum atomic E-state index is -0.227. The number of carbonyl (C=O) groups is 2. The average molecular weight is 436 g/mol. The first-order valence-corrected chi connectivity index (χ1v) is 11.3. The molecule has 6 nitrogen and oxygen atoms in total. The number of fused-ring (bicyclic) bond motifs is 1. The smallest absolute Gasteiger partial charge is 0.264 e. The molecule has 2 aromatic carbocycles. The highest BCUT2D eigenvalue weighted by Gasteiger charge is 2.13. The molecule has 0 unspecified atom stereocenters. The van der Waals surface area contributed by atoms with Crippen LogP contribution < -0.4 is 15.4 Å². The van der Waals surface area contributed by atoms with Crippen LogP contribution in [0.5, 0.6) is 5.75 Å². The summed E-state index contributed by atoms with van der Waals surface area (Å²) in [5, 5.41) is 8.07. The summed E-state index contributed by atoms with van der Waals surface area (Å²) < 4.78 is 5.66. The molecule has 160 valence electrons. The third-order valence-electron chi connectivity index (χ3n) is 5.23. The number of thiazole rings is 1. The normalized spacial score (nSPS) is 12.3. The average Bonchev–Trinajstić information content (AvgIpc) is 3.41. The van der Waals surface area contributed by atoms with Crippen LogP contribution in [0.4, 0.5) is 5.13 Å². The first kappa shape index (κ1) is 21.1. The molecule has 2 amide bonds. The van der Waals surface area contributed by atoms with Crippen LogP contribution in [-0.4, -0.2) is 29.9 Å². The molecular weight excluding hydrogens is 410 g/mol. The van der Waals surface area contributed by atoms with Gasteiger partial charge in [0.1, 0.15) is 5.75 Å². The number of benzene rings is 2. The Labute approximate surface area is 185 Å². The molecule has 0 spiro atoms. The molecule has 1 aromatic heterocycles. The van der Waals surface area contributed by atoms with Gasteiger partial charge >= 0.3 is 0 Å². The van der Waals surface area contributed by atoms with Gasteiger partial charge in [-0.2, -0.15) is 0 Å². The first-order valence-electron chi connectivity index (χ1n) is 10.4. The number of rotatable bonds is 8. The van der Waals surface area contributed by atoms with E-state index in [1.54, 1.807) is 0 Å². The molecule has 1 aliphatic rings. The summed E-state index contributed by atoms with van der Waals surface area (Å²) in [6, 6.07) is 14.1. The predicted octanol–water partition coefficient (Wildman–Crippen LogP) is 3.99. The fourth-order valence-electron chi connectivity index (χ4n) is 3.63. The Balaban J connectivity index is 1.28. The molecular formula is C24H25N3O3S. The minimum Gasteiger partial charge on any atom is -0.484 e. The standard InChI is InChI=1S/C24H25N3O3S/c1-16(28)25-12-11-17-5-7-19(8-6-17)22-15-31-24(26-22)27-23(29)14-30-21-10-9-18-3-2-4-20(18)13-21/h5-10,13,15H,2-4,11-12,14H2,1H3,(H,25,28)(H,26,27,29). The molecule has 0 radical (unpaired) electrons. The van der Waals surface area contributed by atoms with Crippen molar-refractivity contribution in [1.82, 2.24) is 10.3 Å². The molecule has 0 saturated heterocycles. The number of nitrogens with one attached hydrogen (secondary N) is 2. The van der Waals surface area contributed by atoms with E-state index in [0.717, 1.165) is 41.8 Å². The zero-order valence-electron chi connectivity index (χ0n) is 17.4. The van der Waals surface area contributed by atoms with Gasteiger partial charge in [0, 0.05) is 24.4 Å². The second-order valence-electron chi connectivity index (χ2n) is 7.59. The fourth-order valence-corrected chi connectivity index (χ4v) is 4.37. The second kappa shape index (κ2) is 9.75. The van der Waals surface area contributed by atoms with Gasteiger partial charge in [-0.05, 0) is 54.5 Å². The van der Waals surface area contributed by atoms with Gasteiger partial charge in [0.25, 0.3) is 5.91 Å². The summed E-state index contributed by atoms with van der Waals surface area (Å²) in [5.74, 6) is 0.482. The van der Waals surface area contributed by atoms with E-state index >= 15 is 0 Å². The highest BCUT2D eigenvalue weighted by molar-refractivity contribution is 7.14. The number of nitrogens with zero attached hydrogens (tertiary/aromatic N) is 1. The number of carbonyl (C=O) groups excluding carboxylic acids is 2. The number of amides is 2. The van der Waals surface area contributed by atoms with Crippen LogP contribution in [0.15, 0.2) is 47.8 Å². The molecule has 0 fully saturated rings. The fraction of sp³-hybridized carbons (Fsp3) is 0.292. The van der Waals surface area contributed by atoms with Crippen LogP contribution in [-0.2, 0) is 28.9 Å². The van der Waals surface area contributed by atoms with Gasteiger partial charge in [0.05, 0.1) is 5.69 Å². The van der Waals surface area contributed by atoms with Gasteiger partial charge in [-0.1, -0.05) is 30.3 Å². The van der Waals surface area contributed by atoms with Crippen molar-refractivity contribution in [2.24, 2.45) is 0 Å². The highest BCUT2D eigenvalue weighted by Crippen LogP contribution is 2.27. The van der Waals surface area contributed by atoms with E-state index < -0.39 is 0 Å². The van der Waals surface area contributed by atoms with Crippen molar-refractivity contribution in [3.63, 3.8) is 0 Å². The lowest BCUT2D eigenvalue weighted by molar-refractivity contribution is -0.119. The largest absolute Gasteiger partial charge is 0.484 e. The molecule has 3 aromatic rings. The molecule has 0 aliphatic heterocycles. The van der Waals surface area contributed by atoms with Crippen LogP contribution in [0.1, 0.15) is 30.0 Å². The van der Waals surface area contributed by atoms with Gasteiger partial charge in [-0.15, -0.1) is 11.3 Å². The van der Waals surface area contributed by atoms with Crippen LogP contribution in [0, 0.1) is 0 Å². The summed E-state index contributed by atoms with van der Waals surface area (Å²) in [5.41, 5.74) is 5.64. The van der Waals surface area contributed by atoms with Crippen molar-refractivity contribution < 1.29 is 14.3 Å². The highest BCUT2D eigenvalue weighted by atomic mass is 32.1. The van der Waals surface area contributed by atoms with Gasteiger partial charge < -0.3 is 10.1 Å². The summed E-state index contributed by atoms with van der Waals surface area (Å²) in [6.07, 6.45) is 4.17. The lowest BCUT2D eigenvalue weighted by atomic mass is 10.1. The Kier molecular flexibility index (Phi) is 6.62. The third kappa shape index (κ3) is 5.70. The lowest BCUT2D eigenvalue weighted by Crippen LogP contribution is -2.22. The van der Waals surface area contributed by atoms with Crippen LogP contribution in [0.25, 0.3) is 11.3 Å². The zero-order valence-corrected chi connectivity index (χ0v) is 18.3. The van der Waals surface area contributed by atoms with E-state index in [1.165, 1.54) is 35.8 Å². The van der Waals surface area contributed by atoms with Crippen LogP contribution in [0.3, 0.4) is 0 Å². The first-order chi connectivity index (χ1) is 15.1. The summed E-state index contributed by atoms with van der Waals surface area (Å²) in [7, 11) is 0. The zero-order chi connectivity index (χ0) is 21.6. The molecule has 0 atom stereocenters. The third-order valence-corrected chi connectivity index (χ3v) is 5.99. The number of hydrogen-bond donors (Lipinski definition) is 2. The van der Waals surface area contributed by atoms with Gasteiger partial charge in [0.15, 0.2) is 11.7 Å². The van der Waals surface area contributed by atoms with Crippen molar-refractivity contribution in [2.45, 2.75) is 32.6 Å². The van der Waals surface area contributed by atoms with E-state index in [4.69, 9.17) is 4.74 Å². The number of aryl methyl sites for hydroxylation is 2. The topological polar surface area (TPSA) is 80.3 Å². The molecule has 1 heterocycles. The van der Waals surface area contributed by atoms with Gasteiger partial charge in [-0.3, -0.25) is 14.9 Å². The Morgan fingerprint density at radius 2 is 1.90 bits per heavy atom. The maximum absolute atomic E-state index is 12.3. The summed E-state index contributed by atoms with van der Waals surface area (Å²) in [6.45, 7) is 2.09. The van der Waals surface area contributed by atoms with Crippen LogP contribution >= 0.6 is 11.3 Å². The Morgan fingerprint density at radius 1 is 1.10 bits per heavy atom. The van der Waals surface area contributed by atoms with Crippen molar-refractivity contribution in [3.05, 3.63) is 64.5 Å². The van der Waals surface area contributed by atoms with Crippen LogP contribution in [0.2, 0.25) is 0 Å². The SMILES string of the molecule is CC(=O)NCCc1ccc(-c2csc(NC(=O)COc3ccc4c(c3)CCC4)n2)cc1. The Hall–Kier alpha value is -3.19. The molecule has 7 heteroatoms. The van der Waals surface area contributed by atoms with Gasteiger partial charge in [0.2, 0.25) is 5.91 Å². The number of ether oxygens (including phenoxy) is 1. The van der Waals surface area contributed by atoms with Crippen molar-refractivity contribution in [1.29, 1.82) is 0 Å². The second-order valence-corrected chi connectivity index (χ2v) is 8.45. The molecule has 0 bridgehead atoms. The minimum absolute atomic E-state index is 0.0219. The Morgan fingerprint density at radius 3 is 2.71 bits per heavy atom. The van der Waals surface area contributed by atoms with E-state index in [1.807, 2.05) is 41.8 Å². The number of hydrogen-bond acceptors (Lipinski definition) is 5. The Bertz CT molecular complexity index is 1080. The van der Waals surface area contributed by atoms with E-state index in [9.17, 15) is 9.59 Å². The summed E-state index contributed by atoms with van der Waals surface area (Å²) in [4.78, 5) is 27.7. The van der Waals surface area contributed by atoms with Crippen molar-refractivity contribution in [2.75, 3.05) is 18.5 Å². The van der Waals surface area contributed by atoms with E-state index in [2.05, 4.69) is 21.7 Å². The lowest BCUT2D eigenvalue weighted by Gasteiger charge is -2.07. The molecule has 2 N–H and O–H groups in total. The predicted molar refractivity (Wildman–Crippen MR) is 123 cm³/mol. The maximum atomic E-state index is 12.3. The quantitative estimate of drug-likeness (QED) is 0.561. The van der Waals surface area contributed by atoms with E-state index in [0.29, 0.717) is 11.7 Å². The number of aromatic nitrogens is 1. The van der Waals surface area contributed by atoms with Gasteiger partial charge in [-0.25, -0.2) is 4.98 Å².